The number of hydrogen-bond acceptors (Lipinski definition) is 7. The number of anilines is 2. The van der Waals surface area contributed by atoms with Crippen LogP contribution < -0.4 is 10.6 Å². The Morgan fingerprint density at radius 1 is 1.19 bits per heavy atom. The SMILES string of the molecule is CC(=O)N[C@@H]1CCN(C(=O)c2ccc(Nc3nccc(-c4cnn(C(CC#N)C5CC5)c4)n3)cc2)C1. The van der Waals surface area contributed by atoms with E-state index in [4.69, 9.17) is 5.26 Å². The van der Waals surface area contributed by atoms with Gasteiger partial charge in [-0.2, -0.15) is 10.4 Å². The summed E-state index contributed by atoms with van der Waals surface area (Å²) in [6, 6.07) is 11.4. The first-order chi connectivity index (χ1) is 17.5. The Bertz CT molecular complexity index is 1290. The largest absolute Gasteiger partial charge is 0.352 e. The molecule has 3 aromatic rings. The summed E-state index contributed by atoms with van der Waals surface area (Å²) in [7, 11) is 0. The van der Waals surface area contributed by atoms with Gasteiger partial charge < -0.3 is 15.5 Å². The van der Waals surface area contributed by atoms with Crippen LogP contribution in [0, 0.1) is 17.2 Å². The maximum absolute atomic E-state index is 12.8. The van der Waals surface area contributed by atoms with Gasteiger partial charge in [-0.05, 0) is 55.5 Å². The molecule has 2 fully saturated rings. The highest BCUT2D eigenvalue weighted by atomic mass is 16.2. The van der Waals surface area contributed by atoms with Gasteiger partial charge in [0, 0.05) is 55.3 Å². The van der Waals surface area contributed by atoms with Crippen molar-refractivity contribution in [1.29, 1.82) is 5.26 Å². The highest BCUT2D eigenvalue weighted by Crippen LogP contribution is 2.41. The number of carbonyl (C=O) groups excluding carboxylic acids is 2. The molecule has 10 nitrogen and oxygen atoms in total. The maximum atomic E-state index is 12.8. The second-order valence-electron chi connectivity index (χ2n) is 9.38. The van der Waals surface area contributed by atoms with E-state index in [0.29, 0.717) is 36.9 Å². The van der Waals surface area contributed by atoms with Crippen LogP contribution in [0.3, 0.4) is 0 Å². The van der Waals surface area contributed by atoms with Crippen LogP contribution in [-0.4, -0.2) is 55.6 Å². The third-order valence-corrected chi connectivity index (χ3v) is 6.63. The Morgan fingerprint density at radius 2 is 2.00 bits per heavy atom. The van der Waals surface area contributed by atoms with Gasteiger partial charge in [0.15, 0.2) is 0 Å². The molecule has 2 aliphatic rings. The fraction of sp³-hybridized carbons (Fsp3) is 0.385. The molecular formula is C26H28N8O2. The number of rotatable bonds is 8. The molecule has 2 amide bonds. The number of amides is 2. The quantitative estimate of drug-likeness (QED) is 0.502. The lowest BCUT2D eigenvalue weighted by molar-refractivity contribution is -0.119. The van der Waals surface area contributed by atoms with Crippen LogP contribution in [0.1, 0.15) is 49.0 Å². The van der Waals surface area contributed by atoms with Crippen LogP contribution >= 0.6 is 0 Å². The maximum Gasteiger partial charge on any atom is 0.253 e. The molecule has 1 aliphatic carbocycles. The minimum Gasteiger partial charge on any atom is -0.352 e. The topological polar surface area (TPSA) is 129 Å². The summed E-state index contributed by atoms with van der Waals surface area (Å²) in [4.78, 5) is 34.8. The minimum absolute atomic E-state index is 0.00913. The van der Waals surface area contributed by atoms with Gasteiger partial charge >= 0.3 is 0 Å². The number of benzene rings is 1. The molecule has 184 valence electrons. The van der Waals surface area contributed by atoms with E-state index >= 15 is 0 Å². The predicted molar refractivity (Wildman–Crippen MR) is 133 cm³/mol. The summed E-state index contributed by atoms with van der Waals surface area (Å²) in [5.41, 5.74) is 2.96. The first-order valence-electron chi connectivity index (χ1n) is 12.2. The van der Waals surface area contributed by atoms with Gasteiger partial charge in [-0.25, -0.2) is 9.97 Å². The third-order valence-electron chi connectivity index (χ3n) is 6.63. The van der Waals surface area contributed by atoms with Crippen molar-refractivity contribution >= 4 is 23.5 Å². The first kappa shape index (κ1) is 23.5. The Kier molecular flexibility index (Phi) is 6.62. The van der Waals surface area contributed by atoms with Crippen molar-refractivity contribution in [2.75, 3.05) is 18.4 Å². The smallest absolute Gasteiger partial charge is 0.253 e. The lowest BCUT2D eigenvalue weighted by atomic mass is 10.1. The normalized spacial score (nSPS) is 17.9. The summed E-state index contributed by atoms with van der Waals surface area (Å²) in [5.74, 6) is 0.837. The second kappa shape index (κ2) is 10.2. The fourth-order valence-electron chi connectivity index (χ4n) is 4.64. The number of nitrogens with one attached hydrogen (secondary N) is 2. The van der Waals surface area contributed by atoms with E-state index in [0.717, 1.165) is 36.2 Å². The van der Waals surface area contributed by atoms with Gasteiger partial charge in [0.2, 0.25) is 11.9 Å². The highest BCUT2D eigenvalue weighted by molar-refractivity contribution is 5.95. The molecule has 2 atom stereocenters. The number of carbonyl (C=O) groups is 2. The Balaban J connectivity index is 1.23. The summed E-state index contributed by atoms with van der Waals surface area (Å²) in [6.45, 7) is 2.64. The van der Waals surface area contributed by atoms with E-state index < -0.39 is 0 Å². The zero-order valence-corrected chi connectivity index (χ0v) is 20.1. The molecule has 2 aromatic heterocycles. The zero-order valence-electron chi connectivity index (χ0n) is 20.1. The number of likely N-dealkylation sites (tertiary alicyclic amines) is 1. The van der Waals surface area contributed by atoms with Crippen molar-refractivity contribution in [3.05, 3.63) is 54.5 Å². The molecule has 1 aromatic carbocycles. The lowest BCUT2D eigenvalue weighted by Crippen LogP contribution is -2.37. The van der Waals surface area contributed by atoms with E-state index in [-0.39, 0.29) is 23.9 Å². The molecule has 0 radical (unpaired) electrons. The van der Waals surface area contributed by atoms with Crippen LogP contribution in [0.2, 0.25) is 0 Å². The van der Waals surface area contributed by atoms with E-state index in [1.807, 2.05) is 29.1 Å². The molecule has 10 heteroatoms. The van der Waals surface area contributed by atoms with Crippen LogP contribution in [-0.2, 0) is 4.79 Å². The van der Waals surface area contributed by atoms with Gasteiger partial charge in [-0.3, -0.25) is 14.3 Å². The number of aromatic nitrogens is 4. The van der Waals surface area contributed by atoms with Gasteiger partial charge in [0.1, 0.15) is 0 Å². The van der Waals surface area contributed by atoms with Crippen molar-refractivity contribution < 1.29 is 9.59 Å². The monoisotopic (exact) mass is 484 g/mol. The van der Waals surface area contributed by atoms with E-state index in [2.05, 4.69) is 31.8 Å². The molecule has 1 saturated heterocycles. The first-order valence-corrected chi connectivity index (χ1v) is 12.2. The average Bonchev–Trinajstić information content (AvgIpc) is 3.40. The standard InChI is InChI=1S/C26H28N8O2/c1-17(35)30-22-10-13-33(16-22)25(36)19-4-6-21(7-5-19)31-26-28-12-9-23(32-26)20-14-29-34(15-20)24(8-11-27)18-2-3-18/h4-7,9,12,14-15,18,22,24H,2-3,8,10,13,16H2,1H3,(H,30,35)(H,28,31,32)/t22-,24?/m1/s1. The van der Waals surface area contributed by atoms with Crippen molar-refractivity contribution in [1.82, 2.24) is 30.0 Å². The summed E-state index contributed by atoms with van der Waals surface area (Å²) >= 11 is 0. The molecule has 1 saturated carbocycles. The van der Waals surface area contributed by atoms with Gasteiger partial charge in [-0.15, -0.1) is 0 Å². The molecule has 3 heterocycles. The van der Waals surface area contributed by atoms with Crippen molar-refractivity contribution in [3.63, 3.8) is 0 Å². The average molecular weight is 485 g/mol. The molecule has 5 rings (SSSR count). The molecule has 0 spiro atoms. The van der Waals surface area contributed by atoms with Gasteiger partial charge in [0.05, 0.1) is 30.4 Å². The van der Waals surface area contributed by atoms with Crippen LogP contribution in [0.5, 0.6) is 0 Å². The summed E-state index contributed by atoms with van der Waals surface area (Å²) < 4.78 is 1.89. The molecule has 0 bridgehead atoms. The Hall–Kier alpha value is -4.26. The van der Waals surface area contributed by atoms with Gasteiger partial charge in [-0.1, -0.05) is 0 Å². The van der Waals surface area contributed by atoms with E-state index in [1.165, 1.54) is 6.92 Å². The second-order valence-corrected chi connectivity index (χ2v) is 9.38. The minimum atomic E-state index is -0.0775. The Morgan fingerprint density at radius 3 is 2.72 bits per heavy atom. The van der Waals surface area contributed by atoms with E-state index in [9.17, 15) is 9.59 Å². The van der Waals surface area contributed by atoms with Crippen LogP contribution in [0.15, 0.2) is 48.9 Å². The Labute approximate surface area is 209 Å². The fourth-order valence-corrected chi connectivity index (χ4v) is 4.64. The van der Waals surface area contributed by atoms with Crippen LogP contribution in [0.25, 0.3) is 11.3 Å². The summed E-state index contributed by atoms with van der Waals surface area (Å²) in [5, 5.41) is 19.7. The number of nitrogens with zero attached hydrogens (tertiary/aromatic N) is 6. The molecule has 1 aliphatic heterocycles. The molecule has 2 N–H and O–H groups in total. The van der Waals surface area contributed by atoms with Crippen molar-refractivity contribution in [2.24, 2.45) is 5.92 Å². The molecule has 36 heavy (non-hydrogen) atoms. The molecular weight excluding hydrogens is 456 g/mol. The van der Waals surface area contributed by atoms with Crippen molar-refractivity contribution in [3.8, 4) is 17.3 Å². The number of nitriles is 1. The van der Waals surface area contributed by atoms with Crippen LogP contribution in [0.4, 0.5) is 11.6 Å². The van der Waals surface area contributed by atoms with E-state index in [1.54, 1.807) is 29.4 Å². The predicted octanol–water partition coefficient (Wildman–Crippen LogP) is 3.30. The number of hydrogen-bond donors (Lipinski definition) is 2. The highest BCUT2D eigenvalue weighted by Gasteiger charge is 2.33. The summed E-state index contributed by atoms with van der Waals surface area (Å²) in [6.07, 6.45) is 8.90. The zero-order chi connectivity index (χ0) is 25.1. The van der Waals surface area contributed by atoms with Crippen molar-refractivity contribution in [2.45, 2.75) is 44.7 Å². The molecule has 1 unspecified atom stereocenters. The lowest BCUT2D eigenvalue weighted by Gasteiger charge is -2.17. The van der Waals surface area contributed by atoms with Gasteiger partial charge in [0.25, 0.3) is 5.91 Å². The third kappa shape index (κ3) is 5.35.